The predicted octanol–water partition coefficient (Wildman–Crippen LogP) is 3.86. The summed E-state index contributed by atoms with van der Waals surface area (Å²) in [6.45, 7) is 3.66. The smallest absolute Gasteiger partial charge is 0.338 e. The standard InChI is InChI=1S/C19H18ClNO5/c1-10-5-14(11(2)21(10)13-3-4-13)16(22)8-24-19(23)12-6-15(20)18-17(7-12)25-9-26-18/h5-7,13H,3-4,8-9H2,1-2H3. The molecule has 2 aromatic rings. The molecule has 0 spiro atoms. The van der Waals surface area contributed by atoms with E-state index in [0.29, 0.717) is 23.1 Å². The van der Waals surface area contributed by atoms with Crippen molar-refractivity contribution in [3.05, 3.63) is 45.7 Å². The van der Waals surface area contributed by atoms with Gasteiger partial charge in [0.1, 0.15) is 0 Å². The van der Waals surface area contributed by atoms with Crippen LogP contribution >= 0.6 is 11.6 Å². The molecule has 136 valence electrons. The number of hydrogen-bond donors (Lipinski definition) is 0. The first-order valence-corrected chi connectivity index (χ1v) is 8.81. The molecule has 2 heterocycles. The maximum Gasteiger partial charge on any atom is 0.338 e. The van der Waals surface area contributed by atoms with Crippen LogP contribution in [0.3, 0.4) is 0 Å². The summed E-state index contributed by atoms with van der Waals surface area (Å²) < 4.78 is 17.8. The number of aromatic nitrogens is 1. The SMILES string of the molecule is Cc1cc(C(=O)COC(=O)c2cc(Cl)c3c(c2)OCO3)c(C)n1C1CC1. The van der Waals surface area contributed by atoms with Gasteiger partial charge in [0.05, 0.1) is 10.6 Å². The van der Waals surface area contributed by atoms with Crippen LogP contribution in [0, 0.1) is 13.8 Å². The molecule has 1 aromatic carbocycles. The second-order valence-electron chi connectivity index (χ2n) is 6.58. The van der Waals surface area contributed by atoms with E-state index in [4.69, 9.17) is 25.8 Å². The van der Waals surface area contributed by atoms with Gasteiger partial charge in [-0.05, 0) is 44.9 Å². The molecule has 0 N–H and O–H groups in total. The molecule has 1 aromatic heterocycles. The Hall–Kier alpha value is -2.47. The molecule has 26 heavy (non-hydrogen) atoms. The molecule has 0 atom stereocenters. The molecule has 4 rings (SSSR count). The first-order valence-electron chi connectivity index (χ1n) is 8.43. The molecular formula is C19H18ClNO5. The van der Waals surface area contributed by atoms with E-state index in [9.17, 15) is 9.59 Å². The van der Waals surface area contributed by atoms with E-state index in [2.05, 4.69) is 4.57 Å². The number of rotatable bonds is 5. The van der Waals surface area contributed by atoms with Crippen LogP contribution in [0.2, 0.25) is 5.02 Å². The lowest BCUT2D eigenvalue weighted by Crippen LogP contribution is -2.15. The first-order chi connectivity index (χ1) is 12.5. The Balaban J connectivity index is 1.46. The number of ketones is 1. The highest BCUT2D eigenvalue weighted by atomic mass is 35.5. The number of nitrogens with zero attached hydrogens (tertiary/aromatic N) is 1. The monoisotopic (exact) mass is 375 g/mol. The summed E-state index contributed by atoms with van der Waals surface area (Å²) in [4.78, 5) is 24.8. The Morgan fingerprint density at radius 3 is 2.73 bits per heavy atom. The van der Waals surface area contributed by atoms with Crippen LogP contribution < -0.4 is 9.47 Å². The summed E-state index contributed by atoms with van der Waals surface area (Å²) in [6.07, 6.45) is 2.29. The summed E-state index contributed by atoms with van der Waals surface area (Å²) in [5.41, 5.74) is 2.81. The average molecular weight is 376 g/mol. The van der Waals surface area contributed by atoms with E-state index in [1.807, 2.05) is 19.9 Å². The van der Waals surface area contributed by atoms with Crippen LogP contribution in [0.25, 0.3) is 0 Å². The Bertz CT molecular complexity index is 913. The topological polar surface area (TPSA) is 66.8 Å². The van der Waals surface area contributed by atoms with Crippen molar-refractivity contribution >= 4 is 23.4 Å². The zero-order valence-electron chi connectivity index (χ0n) is 14.5. The van der Waals surface area contributed by atoms with Crippen LogP contribution in [-0.4, -0.2) is 29.7 Å². The maximum absolute atomic E-state index is 12.5. The van der Waals surface area contributed by atoms with Gasteiger partial charge in [0, 0.05) is 23.0 Å². The van der Waals surface area contributed by atoms with Gasteiger partial charge >= 0.3 is 5.97 Å². The number of carbonyl (C=O) groups is 2. The summed E-state index contributed by atoms with van der Waals surface area (Å²) in [5.74, 6) is -0.0460. The number of Topliss-reactive ketones (excluding diaryl/α,β-unsaturated/α-hetero) is 1. The van der Waals surface area contributed by atoms with Gasteiger partial charge in [-0.2, -0.15) is 0 Å². The van der Waals surface area contributed by atoms with Crippen LogP contribution in [-0.2, 0) is 4.74 Å². The highest BCUT2D eigenvalue weighted by Crippen LogP contribution is 2.40. The minimum Gasteiger partial charge on any atom is -0.454 e. The molecule has 1 fully saturated rings. The number of fused-ring (bicyclic) bond motifs is 1. The van der Waals surface area contributed by atoms with Gasteiger partial charge in [0.2, 0.25) is 12.6 Å². The van der Waals surface area contributed by atoms with Gasteiger partial charge in [-0.1, -0.05) is 11.6 Å². The Kier molecular flexibility index (Phi) is 4.15. The number of aryl methyl sites for hydroxylation is 1. The van der Waals surface area contributed by atoms with Crippen molar-refractivity contribution in [2.75, 3.05) is 13.4 Å². The van der Waals surface area contributed by atoms with Crippen molar-refractivity contribution in [3.63, 3.8) is 0 Å². The third kappa shape index (κ3) is 2.94. The van der Waals surface area contributed by atoms with Crippen molar-refractivity contribution in [1.82, 2.24) is 4.57 Å². The van der Waals surface area contributed by atoms with E-state index < -0.39 is 5.97 Å². The predicted molar refractivity (Wildman–Crippen MR) is 94.4 cm³/mol. The molecule has 1 aliphatic heterocycles. The van der Waals surface area contributed by atoms with Crippen LogP contribution in [0.1, 0.15) is 51.0 Å². The Morgan fingerprint density at radius 2 is 2.00 bits per heavy atom. The van der Waals surface area contributed by atoms with Gasteiger partial charge in [-0.15, -0.1) is 0 Å². The van der Waals surface area contributed by atoms with Crippen LogP contribution in [0.5, 0.6) is 11.5 Å². The number of benzene rings is 1. The van der Waals surface area contributed by atoms with E-state index in [-0.39, 0.29) is 29.8 Å². The van der Waals surface area contributed by atoms with Gasteiger partial charge in [0.25, 0.3) is 0 Å². The maximum atomic E-state index is 12.5. The van der Waals surface area contributed by atoms with E-state index in [1.54, 1.807) is 0 Å². The highest BCUT2D eigenvalue weighted by Gasteiger charge is 2.28. The van der Waals surface area contributed by atoms with Gasteiger partial charge in [0.15, 0.2) is 18.1 Å². The summed E-state index contributed by atoms with van der Waals surface area (Å²) in [5, 5.41) is 0.270. The van der Waals surface area contributed by atoms with Crippen molar-refractivity contribution in [2.24, 2.45) is 0 Å². The lowest BCUT2D eigenvalue weighted by molar-refractivity contribution is 0.0474. The van der Waals surface area contributed by atoms with Gasteiger partial charge < -0.3 is 18.8 Å². The molecule has 0 saturated heterocycles. The molecule has 0 bridgehead atoms. The summed E-state index contributed by atoms with van der Waals surface area (Å²) >= 11 is 6.07. The molecule has 7 heteroatoms. The van der Waals surface area contributed by atoms with E-state index >= 15 is 0 Å². The van der Waals surface area contributed by atoms with Crippen molar-refractivity contribution in [3.8, 4) is 11.5 Å². The van der Waals surface area contributed by atoms with E-state index in [0.717, 1.165) is 24.2 Å². The molecule has 0 amide bonds. The van der Waals surface area contributed by atoms with Crippen LogP contribution in [0.15, 0.2) is 18.2 Å². The third-order valence-corrected chi connectivity index (χ3v) is 4.97. The molecule has 2 aliphatic rings. The molecule has 1 aliphatic carbocycles. The number of ether oxygens (including phenoxy) is 3. The fraction of sp³-hybridized carbons (Fsp3) is 0.368. The number of halogens is 1. The lowest BCUT2D eigenvalue weighted by atomic mass is 10.1. The van der Waals surface area contributed by atoms with Gasteiger partial charge in [-0.3, -0.25) is 4.79 Å². The molecule has 6 nitrogen and oxygen atoms in total. The molecule has 0 unspecified atom stereocenters. The van der Waals surface area contributed by atoms with Crippen molar-refractivity contribution in [2.45, 2.75) is 32.7 Å². The number of carbonyl (C=O) groups excluding carboxylic acids is 2. The molecular weight excluding hydrogens is 358 g/mol. The van der Waals surface area contributed by atoms with Crippen molar-refractivity contribution < 1.29 is 23.8 Å². The summed E-state index contributed by atoms with van der Waals surface area (Å²) in [7, 11) is 0. The highest BCUT2D eigenvalue weighted by molar-refractivity contribution is 6.32. The fourth-order valence-corrected chi connectivity index (χ4v) is 3.60. The first kappa shape index (κ1) is 17.0. The number of esters is 1. The van der Waals surface area contributed by atoms with Crippen LogP contribution in [0.4, 0.5) is 0 Å². The second kappa shape index (κ2) is 6.36. The minimum absolute atomic E-state index is 0.0582. The fourth-order valence-electron chi connectivity index (χ4n) is 3.33. The third-order valence-electron chi connectivity index (χ3n) is 4.69. The lowest BCUT2D eigenvalue weighted by Gasteiger charge is -2.08. The Labute approximate surface area is 155 Å². The normalized spacial score (nSPS) is 15.2. The summed E-state index contributed by atoms with van der Waals surface area (Å²) in [6, 6.07) is 5.30. The zero-order chi connectivity index (χ0) is 18.4. The van der Waals surface area contributed by atoms with E-state index in [1.165, 1.54) is 12.1 Å². The number of hydrogen-bond acceptors (Lipinski definition) is 5. The zero-order valence-corrected chi connectivity index (χ0v) is 15.3. The quantitative estimate of drug-likeness (QED) is 0.586. The molecule has 0 radical (unpaired) electrons. The second-order valence-corrected chi connectivity index (χ2v) is 6.98. The molecule has 1 saturated carbocycles. The average Bonchev–Trinajstić information content (AvgIpc) is 3.23. The Morgan fingerprint density at radius 1 is 1.23 bits per heavy atom. The van der Waals surface area contributed by atoms with Gasteiger partial charge in [-0.25, -0.2) is 4.79 Å². The minimum atomic E-state index is -0.630. The van der Waals surface area contributed by atoms with Crippen molar-refractivity contribution in [1.29, 1.82) is 0 Å². The largest absolute Gasteiger partial charge is 0.454 e.